The molecule has 0 aliphatic carbocycles. The first kappa shape index (κ1) is 14.1. The Kier molecular flexibility index (Phi) is 3.73. The number of fused-ring (bicyclic) bond motifs is 1. The monoisotopic (exact) mass is 259 g/mol. The Morgan fingerprint density at radius 1 is 1.11 bits per heavy atom. The predicted octanol–water partition coefficient (Wildman–Crippen LogP) is 4.83. The Balaban J connectivity index is 2.27. The van der Waals surface area contributed by atoms with Gasteiger partial charge in [0.25, 0.3) is 0 Å². The summed E-state index contributed by atoms with van der Waals surface area (Å²) in [6.07, 6.45) is 0. The molecule has 104 valence electrons. The number of benzene rings is 1. The maximum absolute atomic E-state index is 6.01. The van der Waals surface area contributed by atoms with Gasteiger partial charge >= 0.3 is 0 Å². The summed E-state index contributed by atoms with van der Waals surface area (Å²) < 4.78 is 6.01. The van der Waals surface area contributed by atoms with Gasteiger partial charge in [-0.25, -0.2) is 0 Å². The molecule has 0 radical (unpaired) electrons. The molecule has 0 bridgehead atoms. The molecule has 0 fully saturated rings. The van der Waals surface area contributed by atoms with Crippen LogP contribution in [-0.2, 0) is 0 Å². The lowest BCUT2D eigenvalue weighted by Crippen LogP contribution is -2.39. The van der Waals surface area contributed by atoms with E-state index in [1.54, 1.807) is 0 Å². The minimum absolute atomic E-state index is 0.224. The highest BCUT2D eigenvalue weighted by molar-refractivity contribution is 5.82. The first-order valence-electron chi connectivity index (χ1n) is 7.04. The summed E-state index contributed by atoms with van der Waals surface area (Å²) in [4.78, 5) is 0. The van der Waals surface area contributed by atoms with E-state index >= 15 is 0 Å². The van der Waals surface area contributed by atoms with E-state index in [4.69, 9.17) is 4.42 Å². The minimum Gasteiger partial charge on any atom is -0.459 e. The van der Waals surface area contributed by atoms with Crippen molar-refractivity contribution >= 4 is 11.0 Å². The van der Waals surface area contributed by atoms with Gasteiger partial charge in [0.15, 0.2) is 0 Å². The third kappa shape index (κ3) is 2.84. The second-order valence-corrected chi connectivity index (χ2v) is 6.56. The van der Waals surface area contributed by atoms with E-state index in [0.717, 1.165) is 11.3 Å². The molecule has 2 atom stereocenters. The summed E-state index contributed by atoms with van der Waals surface area (Å²) in [5.41, 5.74) is 2.47. The van der Waals surface area contributed by atoms with Gasteiger partial charge in [0, 0.05) is 11.4 Å². The van der Waals surface area contributed by atoms with Crippen LogP contribution in [0, 0.1) is 12.3 Å². The lowest BCUT2D eigenvalue weighted by molar-refractivity contribution is 0.258. The van der Waals surface area contributed by atoms with Crippen molar-refractivity contribution in [3.8, 4) is 0 Å². The number of nitrogens with one attached hydrogen (secondary N) is 1. The average molecular weight is 259 g/mol. The Labute approximate surface area is 116 Å². The number of hydrogen-bond donors (Lipinski definition) is 1. The molecule has 1 aromatic heterocycles. The van der Waals surface area contributed by atoms with Gasteiger partial charge in [-0.2, -0.15) is 0 Å². The lowest BCUT2D eigenvalue weighted by Gasteiger charge is -2.30. The fraction of sp³-hybridized carbons (Fsp3) is 0.529. The van der Waals surface area contributed by atoms with E-state index in [1.165, 1.54) is 10.9 Å². The van der Waals surface area contributed by atoms with Gasteiger partial charge in [-0.05, 0) is 37.8 Å². The molecule has 2 aromatic rings. The molecule has 0 amide bonds. The Hall–Kier alpha value is -1.28. The van der Waals surface area contributed by atoms with Crippen LogP contribution in [0.4, 0.5) is 0 Å². The smallest absolute Gasteiger partial charge is 0.134 e. The Morgan fingerprint density at radius 2 is 1.74 bits per heavy atom. The van der Waals surface area contributed by atoms with Gasteiger partial charge in [0.05, 0.1) is 6.04 Å². The lowest BCUT2D eigenvalue weighted by atomic mass is 9.87. The quantitative estimate of drug-likeness (QED) is 0.854. The molecular weight excluding hydrogens is 234 g/mol. The van der Waals surface area contributed by atoms with Crippen molar-refractivity contribution in [2.24, 2.45) is 5.41 Å². The fourth-order valence-corrected chi connectivity index (χ4v) is 2.31. The number of rotatable bonds is 3. The largest absolute Gasteiger partial charge is 0.459 e. The second-order valence-electron chi connectivity index (χ2n) is 6.56. The number of aryl methyl sites for hydroxylation is 1. The third-order valence-corrected chi connectivity index (χ3v) is 4.07. The van der Waals surface area contributed by atoms with E-state index in [2.05, 4.69) is 59.0 Å². The van der Waals surface area contributed by atoms with Crippen LogP contribution in [0.5, 0.6) is 0 Å². The molecule has 2 heteroatoms. The third-order valence-electron chi connectivity index (χ3n) is 4.07. The van der Waals surface area contributed by atoms with Crippen LogP contribution in [-0.4, -0.2) is 6.04 Å². The van der Waals surface area contributed by atoms with Crippen LogP contribution in [0.1, 0.15) is 52.0 Å². The topological polar surface area (TPSA) is 25.2 Å². The molecule has 0 saturated carbocycles. The molecule has 2 rings (SSSR count). The summed E-state index contributed by atoms with van der Waals surface area (Å²) in [5, 5.41) is 4.86. The SMILES string of the molecule is Cc1c(C(C)NC(C)C(C)(C)C)oc2ccccc12. The standard InChI is InChI=1S/C17H25NO/c1-11-14-9-7-8-10-15(14)19-16(11)12(2)18-13(3)17(4,5)6/h7-10,12-13,18H,1-6H3. The summed E-state index contributed by atoms with van der Waals surface area (Å²) in [6.45, 7) is 13.3. The molecule has 2 nitrogen and oxygen atoms in total. The molecule has 2 unspecified atom stereocenters. The maximum Gasteiger partial charge on any atom is 0.134 e. The highest BCUT2D eigenvalue weighted by atomic mass is 16.3. The summed E-state index contributed by atoms with van der Waals surface area (Å²) in [7, 11) is 0. The van der Waals surface area contributed by atoms with Gasteiger partial charge < -0.3 is 9.73 Å². The summed E-state index contributed by atoms with van der Waals surface area (Å²) >= 11 is 0. The first-order chi connectivity index (χ1) is 8.80. The van der Waals surface area contributed by atoms with Gasteiger partial charge in [-0.1, -0.05) is 39.0 Å². The van der Waals surface area contributed by atoms with Crippen molar-refractivity contribution in [1.29, 1.82) is 0 Å². The van der Waals surface area contributed by atoms with Gasteiger partial charge in [0.2, 0.25) is 0 Å². The van der Waals surface area contributed by atoms with Crippen molar-refractivity contribution in [1.82, 2.24) is 5.32 Å². The van der Waals surface area contributed by atoms with E-state index in [1.807, 2.05) is 12.1 Å². The van der Waals surface area contributed by atoms with Crippen LogP contribution < -0.4 is 5.32 Å². The molecule has 1 N–H and O–H groups in total. The molecule has 1 aromatic carbocycles. The van der Waals surface area contributed by atoms with Gasteiger partial charge in [-0.15, -0.1) is 0 Å². The molecule has 0 saturated heterocycles. The summed E-state index contributed by atoms with van der Waals surface area (Å²) in [5.74, 6) is 1.05. The minimum atomic E-state index is 0.224. The highest BCUT2D eigenvalue weighted by Crippen LogP contribution is 2.30. The average Bonchev–Trinajstić information content (AvgIpc) is 2.66. The first-order valence-corrected chi connectivity index (χ1v) is 7.04. The zero-order valence-corrected chi connectivity index (χ0v) is 12.9. The van der Waals surface area contributed by atoms with Crippen molar-refractivity contribution in [3.63, 3.8) is 0 Å². The summed E-state index contributed by atoms with van der Waals surface area (Å²) in [6, 6.07) is 8.88. The molecule has 1 heterocycles. The number of furan rings is 1. The Morgan fingerprint density at radius 3 is 2.32 bits per heavy atom. The van der Waals surface area contributed by atoms with Crippen LogP contribution >= 0.6 is 0 Å². The van der Waals surface area contributed by atoms with Crippen LogP contribution in [0.25, 0.3) is 11.0 Å². The maximum atomic E-state index is 6.01. The molecule has 0 spiro atoms. The van der Waals surface area contributed by atoms with E-state index in [-0.39, 0.29) is 11.5 Å². The molecule has 19 heavy (non-hydrogen) atoms. The van der Waals surface area contributed by atoms with Crippen LogP contribution in [0.15, 0.2) is 28.7 Å². The fourth-order valence-electron chi connectivity index (χ4n) is 2.31. The second kappa shape index (κ2) is 5.01. The molecular formula is C17H25NO. The molecule has 0 aliphatic heterocycles. The number of hydrogen-bond acceptors (Lipinski definition) is 2. The van der Waals surface area contributed by atoms with E-state index < -0.39 is 0 Å². The van der Waals surface area contributed by atoms with E-state index in [9.17, 15) is 0 Å². The van der Waals surface area contributed by atoms with E-state index in [0.29, 0.717) is 6.04 Å². The van der Waals surface area contributed by atoms with Gasteiger partial charge in [-0.3, -0.25) is 0 Å². The highest BCUT2D eigenvalue weighted by Gasteiger charge is 2.24. The zero-order chi connectivity index (χ0) is 14.2. The Bertz CT molecular complexity index is 562. The van der Waals surface area contributed by atoms with Crippen molar-refractivity contribution in [2.45, 2.75) is 53.6 Å². The predicted molar refractivity (Wildman–Crippen MR) is 81.4 cm³/mol. The van der Waals surface area contributed by atoms with Gasteiger partial charge in [0.1, 0.15) is 11.3 Å². The normalized spacial score (nSPS) is 15.7. The molecule has 0 aliphatic rings. The zero-order valence-electron chi connectivity index (χ0n) is 12.9. The van der Waals surface area contributed by atoms with Crippen LogP contribution in [0.2, 0.25) is 0 Å². The van der Waals surface area contributed by atoms with Crippen molar-refractivity contribution < 1.29 is 4.42 Å². The van der Waals surface area contributed by atoms with Crippen LogP contribution in [0.3, 0.4) is 0 Å². The van der Waals surface area contributed by atoms with Crippen molar-refractivity contribution in [2.75, 3.05) is 0 Å². The number of para-hydroxylation sites is 1. The van der Waals surface area contributed by atoms with Crippen molar-refractivity contribution in [3.05, 3.63) is 35.6 Å².